The topological polar surface area (TPSA) is 33.1 Å². The van der Waals surface area contributed by atoms with Crippen LogP contribution in [0.15, 0.2) is 71.8 Å². The minimum atomic E-state index is 0.114. The Balaban J connectivity index is 1.74. The standard InChI is InChI=1S/C24H23NOS2/c1-16(15-26)17-10-11-25-22(14-17)21-8-5-7-19-13-20(28-24(19)21)12-18-6-3-4-9-23(18)27-2/h3-11,13-14,16,26H,12,15H2,1-2H3. The molecule has 4 rings (SSSR count). The number of aromatic nitrogens is 1. The Labute approximate surface area is 174 Å². The summed E-state index contributed by atoms with van der Waals surface area (Å²) in [6.45, 7) is 2.18. The second-order valence-corrected chi connectivity index (χ2v) is 8.97. The van der Waals surface area contributed by atoms with Gasteiger partial charge in [-0.25, -0.2) is 0 Å². The number of aliphatic hydroxyl groups is 1. The highest BCUT2D eigenvalue weighted by Gasteiger charge is 2.12. The van der Waals surface area contributed by atoms with Crippen LogP contribution in [0.1, 0.15) is 28.8 Å². The van der Waals surface area contributed by atoms with Gasteiger partial charge < -0.3 is 5.11 Å². The number of thiophene rings is 1. The molecule has 2 heterocycles. The smallest absolute Gasteiger partial charge is 0.0719 e. The van der Waals surface area contributed by atoms with Gasteiger partial charge in [-0.2, -0.15) is 0 Å². The molecule has 0 saturated carbocycles. The highest BCUT2D eigenvalue weighted by atomic mass is 32.2. The van der Waals surface area contributed by atoms with Gasteiger partial charge in [0.1, 0.15) is 0 Å². The average molecular weight is 406 g/mol. The molecule has 0 fully saturated rings. The van der Waals surface area contributed by atoms with E-state index in [1.165, 1.54) is 31.0 Å². The van der Waals surface area contributed by atoms with Crippen LogP contribution < -0.4 is 0 Å². The molecule has 2 nitrogen and oxygen atoms in total. The van der Waals surface area contributed by atoms with E-state index in [0.717, 1.165) is 17.7 Å². The third-order valence-electron chi connectivity index (χ3n) is 5.06. The first-order valence-electron chi connectivity index (χ1n) is 9.40. The molecule has 142 valence electrons. The summed E-state index contributed by atoms with van der Waals surface area (Å²) < 4.78 is 1.28. The van der Waals surface area contributed by atoms with Crippen LogP contribution in [0.25, 0.3) is 21.3 Å². The minimum absolute atomic E-state index is 0.114. The first-order valence-corrected chi connectivity index (χ1v) is 11.4. The quantitative estimate of drug-likeness (QED) is 0.378. The molecule has 0 aliphatic carbocycles. The fraction of sp³-hybridized carbons (Fsp3) is 0.208. The van der Waals surface area contributed by atoms with Gasteiger partial charge in [0.2, 0.25) is 0 Å². The van der Waals surface area contributed by atoms with Crippen LogP contribution in [0.3, 0.4) is 0 Å². The highest BCUT2D eigenvalue weighted by molar-refractivity contribution is 7.98. The third-order valence-corrected chi connectivity index (χ3v) is 7.08. The largest absolute Gasteiger partial charge is 0.396 e. The zero-order valence-corrected chi connectivity index (χ0v) is 17.7. The molecule has 0 aliphatic heterocycles. The molecule has 0 spiro atoms. The number of hydrogen-bond acceptors (Lipinski definition) is 4. The van der Waals surface area contributed by atoms with Crippen molar-refractivity contribution in [3.8, 4) is 11.3 Å². The molecule has 0 aliphatic rings. The predicted octanol–water partition coefficient (Wildman–Crippen LogP) is 6.37. The molecule has 1 atom stereocenters. The number of thioether (sulfide) groups is 1. The molecule has 1 N–H and O–H groups in total. The van der Waals surface area contributed by atoms with Gasteiger partial charge >= 0.3 is 0 Å². The van der Waals surface area contributed by atoms with Crippen LogP contribution in [0.4, 0.5) is 0 Å². The Morgan fingerprint density at radius 3 is 2.75 bits per heavy atom. The molecule has 4 heteroatoms. The van der Waals surface area contributed by atoms with E-state index in [2.05, 4.69) is 65.8 Å². The molecular weight excluding hydrogens is 382 g/mol. The van der Waals surface area contributed by atoms with Gasteiger partial charge in [0.05, 0.1) is 5.69 Å². The molecule has 0 amide bonds. The molecule has 4 aromatic rings. The summed E-state index contributed by atoms with van der Waals surface area (Å²) in [7, 11) is 0. The van der Waals surface area contributed by atoms with Gasteiger partial charge in [0.25, 0.3) is 0 Å². The van der Waals surface area contributed by atoms with Crippen molar-refractivity contribution in [2.45, 2.75) is 24.2 Å². The summed E-state index contributed by atoms with van der Waals surface area (Å²) in [6, 6.07) is 21.5. The third kappa shape index (κ3) is 3.86. The lowest BCUT2D eigenvalue weighted by Crippen LogP contribution is -1.99. The molecule has 0 radical (unpaired) electrons. The summed E-state index contributed by atoms with van der Waals surface area (Å²) in [5, 5.41) is 10.8. The van der Waals surface area contributed by atoms with E-state index < -0.39 is 0 Å². The molecule has 28 heavy (non-hydrogen) atoms. The number of benzene rings is 2. The second-order valence-electron chi connectivity index (χ2n) is 6.98. The van der Waals surface area contributed by atoms with E-state index >= 15 is 0 Å². The van der Waals surface area contributed by atoms with Crippen molar-refractivity contribution in [3.63, 3.8) is 0 Å². The first-order chi connectivity index (χ1) is 13.7. The SMILES string of the molecule is CSc1ccccc1Cc1cc2cccc(-c3cc(C(C)CO)ccn3)c2s1. The van der Waals surface area contributed by atoms with E-state index in [9.17, 15) is 5.11 Å². The van der Waals surface area contributed by atoms with Gasteiger partial charge in [0, 0.05) is 45.2 Å². The van der Waals surface area contributed by atoms with Crippen LogP contribution >= 0.6 is 23.1 Å². The van der Waals surface area contributed by atoms with Crippen molar-refractivity contribution >= 4 is 33.2 Å². The molecule has 1 unspecified atom stereocenters. The number of hydrogen-bond donors (Lipinski definition) is 1. The fourth-order valence-corrected chi connectivity index (χ4v) is 5.27. The molecule has 0 bridgehead atoms. The van der Waals surface area contributed by atoms with Gasteiger partial charge in [-0.05, 0) is 47.0 Å². The van der Waals surface area contributed by atoms with Crippen molar-refractivity contribution in [3.05, 3.63) is 82.9 Å². The van der Waals surface area contributed by atoms with Gasteiger partial charge in [-0.1, -0.05) is 43.3 Å². The number of rotatable bonds is 6. The molecule has 0 saturated heterocycles. The van der Waals surface area contributed by atoms with E-state index in [-0.39, 0.29) is 12.5 Å². The van der Waals surface area contributed by atoms with E-state index in [4.69, 9.17) is 0 Å². The van der Waals surface area contributed by atoms with Gasteiger partial charge in [0.15, 0.2) is 0 Å². The average Bonchev–Trinajstić information content (AvgIpc) is 3.16. The summed E-state index contributed by atoms with van der Waals surface area (Å²) in [4.78, 5) is 7.32. The van der Waals surface area contributed by atoms with Crippen molar-refractivity contribution in [1.82, 2.24) is 4.98 Å². The van der Waals surface area contributed by atoms with E-state index in [0.29, 0.717) is 0 Å². The number of aliphatic hydroxyl groups excluding tert-OH is 1. The second kappa shape index (κ2) is 8.48. The van der Waals surface area contributed by atoms with E-state index in [1.807, 2.05) is 30.5 Å². The molecule has 2 aromatic carbocycles. The van der Waals surface area contributed by atoms with Crippen LogP contribution in [-0.2, 0) is 6.42 Å². The number of pyridine rings is 1. The van der Waals surface area contributed by atoms with Gasteiger partial charge in [-0.15, -0.1) is 23.1 Å². The van der Waals surface area contributed by atoms with E-state index in [1.54, 1.807) is 11.8 Å². The van der Waals surface area contributed by atoms with Crippen LogP contribution in [0, 0.1) is 0 Å². The zero-order chi connectivity index (χ0) is 19.5. The number of fused-ring (bicyclic) bond motifs is 1. The van der Waals surface area contributed by atoms with Crippen LogP contribution in [-0.4, -0.2) is 23.0 Å². The Kier molecular flexibility index (Phi) is 5.81. The lowest BCUT2D eigenvalue weighted by atomic mass is 10.0. The van der Waals surface area contributed by atoms with Crippen LogP contribution in [0.5, 0.6) is 0 Å². The Bertz CT molecular complexity index is 1100. The highest BCUT2D eigenvalue weighted by Crippen LogP contribution is 2.36. The monoisotopic (exact) mass is 405 g/mol. The molecule has 2 aromatic heterocycles. The lowest BCUT2D eigenvalue weighted by molar-refractivity contribution is 0.273. The summed E-state index contributed by atoms with van der Waals surface area (Å²) in [5.41, 5.74) is 4.63. The summed E-state index contributed by atoms with van der Waals surface area (Å²) in [5.74, 6) is 0.114. The Morgan fingerprint density at radius 2 is 1.93 bits per heavy atom. The maximum absolute atomic E-state index is 9.49. The predicted molar refractivity (Wildman–Crippen MR) is 122 cm³/mol. The Hall–Kier alpha value is -2.14. The van der Waals surface area contributed by atoms with Crippen molar-refractivity contribution < 1.29 is 5.11 Å². The summed E-state index contributed by atoms with van der Waals surface area (Å²) in [6.07, 6.45) is 4.93. The summed E-state index contributed by atoms with van der Waals surface area (Å²) >= 11 is 3.66. The minimum Gasteiger partial charge on any atom is -0.396 e. The van der Waals surface area contributed by atoms with Crippen molar-refractivity contribution in [2.75, 3.05) is 12.9 Å². The van der Waals surface area contributed by atoms with Crippen LogP contribution in [0.2, 0.25) is 0 Å². The normalized spacial score (nSPS) is 12.4. The lowest BCUT2D eigenvalue weighted by Gasteiger charge is -2.10. The maximum Gasteiger partial charge on any atom is 0.0719 e. The van der Waals surface area contributed by atoms with Crippen molar-refractivity contribution in [1.29, 1.82) is 0 Å². The Morgan fingerprint density at radius 1 is 1.07 bits per heavy atom. The fourth-order valence-electron chi connectivity index (χ4n) is 3.45. The molecular formula is C24H23NOS2. The van der Waals surface area contributed by atoms with Gasteiger partial charge in [-0.3, -0.25) is 4.98 Å². The van der Waals surface area contributed by atoms with Crippen molar-refractivity contribution in [2.24, 2.45) is 0 Å². The maximum atomic E-state index is 9.49. The number of nitrogens with zero attached hydrogens (tertiary/aromatic N) is 1. The zero-order valence-electron chi connectivity index (χ0n) is 16.1. The first kappa shape index (κ1) is 19.2.